The second-order valence-corrected chi connectivity index (χ2v) is 11.4. The molecule has 1 fully saturated rings. The molecular weight excluding hydrogens is 575 g/mol. The van der Waals surface area contributed by atoms with Crippen molar-refractivity contribution in [2.24, 2.45) is 9.98 Å². The Morgan fingerprint density at radius 1 is 0.857 bits per heavy atom. The summed E-state index contributed by atoms with van der Waals surface area (Å²) in [6.45, 7) is 12.8. The fourth-order valence-electron chi connectivity index (χ4n) is 5.51. The first-order valence-electron chi connectivity index (χ1n) is 14.5. The molecule has 1 radical (unpaired) electrons. The molecule has 0 heterocycles. The monoisotopic (exact) mass is 626 g/mol. The van der Waals surface area contributed by atoms with E-state index in [1.807, 2.05) is 45.3 Å². The van der Waals surface area contributed by atoms with Crippen LogP contribution in [0.2, 0.25) is 0 Å². The number of hydrogen-bond acceptors (Lipinski definition) is 5. The Hall–Kier alpha value is -2.84. The molecule has 2 aromatic rings. The zero-order valence-corrected chi connectivity index (χ0v) is 27.4. The zero-order chi connectivity index (χ0) is 29.9. The fraction of sp³-hybridized carbons (Fsp3) is 0.529. The van der Waals surface area contributed by atoms with Gasteiger partial charge in [0.2, 0.25) is 0 Å². The average Bonchev–Trinajstić information content (AvgIpc) is 3.35. The largest absolute Gasteiger partial charge is 0.507 e. The minimum atomic E-state index is -1.83. The summed E-state index contributed by atoms with van der Waals surface area (Å²) >= 11 is 0. The second kappa shape index (κ2) is 18.6. The van der Waals surface area contributed by atoms with Gasteiger partial charge < -0.3 is 27.9 Å². The van der Waals surface area contributed by atoms with Crippen LogP contribution in [0.15, 0.2) is 34.3 Å². The number of aliphatic imine (C=N–C) groups is 2. The zero-order valence-electron chi connectivity index (χ0n) is 26.4. The minimum Gasteiger partial charge on any atom is -0.507 e. The summed E-state index contributed by atoms with van der Waals surface area (Å²) in [7, 11) is 0. The molecule has 2 aromatic carbocycles. The molecule has 0 amide bonds. The van der Waals surface area contributed by atoms with Gasteiger partial charge in [-0.2, -0.15) is 0 Å². The Morgan fingerprint density at radius 3 is 1.74 bits per heavy atom. The van der Waals surface area contributed by atoms with E-state index in [-0.39, 0.29) is 41.7 Å². The van der Waals surface area contributed by atoms with Crippen molar-refractivity contribution in [3.63, 3.8) is 0 Å². The van der Waals surface area contributed by atoms with Crippen LogP contribution in [0, 0.1) is 28.2 Å². The molecular formula is C34H51CoN2O5-. The molecule has 4 N–H and O–H groups in total. The number of aromatic hydroxyl groups is 2. The number of aryl methyl sites for hydroxylation is 3. The van der Waals surface area contributed by atoms with Gasteiger partial charge in [-0.1, -0.05) is 58.6 Å². The van der Waals surface area contributed by atoms with E-state index in [2.05, 4.69) is 32.9 Å². The van der Waals surface area contributed by atoms with E-state index in [4.69, 9.17) is 25.0 Å². The molecule has 0 aliphatic heterocycles. The summed E-state index contributed by atoms with van der Waals surface area (Å²) in [5.41, 5.74) is 5.90. The smallest absolute Gasteiger partial charge is 0.503 e. The van der Waals surface area contributed by atoms with Gasteiger partial charge in [0, 0.05) is 40.3 Å². The quantitative estimate of drug-likeness (QED) is 0.147. The van der Waals surface area contributed by atoms with Crippen LogP contribution in [0.5, 0.6) is 11.5 Å². The maximum absolute atomic E-state index is 10.9. The van der Waals surface area contributed by atoms with Crippen LogP contribution in [-0.4, -0.2) is 51.1 Å². The molecule has 1 saturated carbocycles. The van der Waals surface area contributed by atoms with Gasteiger partial charge in [-0.05, 0) is 92.7 Å². The van der Waals surface area contributed by atoms with Gasteiger partial charge in [-0.15, -0.1) is 0 Å². The van der Waals surface area contributed by atoms with Crippen LogP contribution in [-0.2, 0) is 22.2 Å². The van der Waals surface area contributed by atoms with Gasteiger partial charge in [0.1, 0.15) is 11.5 Å². The number of hydrogen-bond donors (Lipinski definition) is 4. The molecule has 0 aromatic heterocycles. The summed E-state index contributed by atoms with van der Waals surface area (Å²) in [6, 6.07) is 8.47. The summed E-state index contributed by atoms with van der Waals surface area (Å²) in [5, 5.41) is 35.2. The van der Waals surface area contributed by atoms with Crippen LogP contribution < -0.4 is 0 Å². The third kappa shape index (κ3) is 11.4. The van der Waals surface area contributed by atoms with Gasteiger partial charge in [-0.25, -0.2) is 4.79 Å². The third-order valence-electron chi connectivity index (χ3n) is 7.92. The van der Waals surface area contributed by atoms with E-state index in [1.54, 1.807) is 0 Å². The summed E-state index contributed by atoms with van der Waals surface area (Å²) in [4.78, 5) is 18.3. The van der Waals surface area contributed by atoms with Gasteiger partial charge >= 0.3 is 6.16 Å². The number of phenolic OH excluding ortho intramolecular Hbond substituents is 2. The van der Waals surface area contributed by atoms with Crippen molar-refractivity contribution >= 4 is 18.6 Å². The van der Waals surface area contributed by atoms with Gasteiger partial charge in [0.25, 0.3) is 0 Å². The SMILES string of the molecule is CCCCC(C)(CCCC)c1cc(C)c(O)c(C=NC2CCCC2N=Cc2cc(C)cc(C)c2O)c1.O=C(O)O.[CH3-].[Co]. The number of carbonyl (C=O) groups is 1. The molecule has 0 spiro atoms. The van der Waals surface area contributed by atoms with Crippen molar-refractivity contribution in [2.45, 2.75) is 117 Å². The van der Waals surface area contributed by atoms with Gasteiger partial charge in [0.05, 0.1) is 12.1 Å². The number of benzene rings is 2. The van der Waals surface area contributed by atoms with Crippen LogP contribution in [0.1, 0.15) is 112 Å². The van der Waals surface area contributed by atoms with Crippen LogP contribution in [0.25, 0.3) is 0 Å². The minimum absolute atomic E-state index is 0. The number of rotatable bonds is 11. The first-order valence-corrected chi connectivity index (χ1v) is 14.5. The second-order valence-electron chi connectivity index (χ2n) is 11.4. The van der Waals surface area contributed by atoms with Crippen molar-refractivity contribution in [1.82, 2.24) is 0 Å². The molecule has 3 rings (SSSR count). The summed E-state index contributed by atoms with van der Waals surface area (Å²) < 4.78 is 0. The van der Waals surface area contributed by atoms with Crippen LogP contribution >= 0.6 is 0 Å². The predicted molar refractivity (Wildman–Crippen MR) is 171 cm³/mol. The molecule has 0 bridgehead atoms. The number of nitrogens with zero attached hydrogens (tertiary/aromatic N) is 2. The number of carboxylic acid groups (broad SMARTS) is 2. The number of unbranched alkanes of at least 4 members (excludes halogenated alkanes) is 2. The standard InChI is InChI=1S/C32H46N2O2.CH2O3.CH3.Co/c1-7-9-14-32(6,15-10-8-2)27-18-24(5)31(36)26(19-27)21-34-29-13-11-12-28(29)33-20-25-17-22(3)16-23(4)30(25)35;2-1(3)4;;/h16-21,28-29,35-36H,7-15H2,1-6H3;(H2,2,3,4);1H3;/q;;-1;. The van der Waals surface area contributed by atoms with Gasteiger partial charge in [0.15, 0.2) is 0 Å². The summed E-state index contributed by atoms with van der Waals surface area (Å²) in [6.07, 6.45) is 12.0. The molecule has 1 aliphatic rings. The molecule has 237 valence electrons. The molecule has 7 nitrogen and oxygen atoms in total. The third-order valence-corrected chi connectivity index (χ3v) is 7.92. The van der Waals surface area contributed by atoms with E-state index in [9.17, 15) is 10.2 Å². The van der Waals surface area contributed by atoms with E-state index in [0.717, 1.165) is 59.9 Å². The van der Waals surface area contributed by atoms with Crippen molar-refractivity contribution in [1.29, 1.82) is 0 Å². The first-order chi connectivity index (χ1) is 18.9. The number of phenols is 2. The Labute approximate surface area is 263 Å². The normalized spacial score (nSPS) is 16.5. The molecule has 1 aliphatic carbocycles. The molecule has 42 heavy (non-hydrogen) atoms. The van der Waals surface area contributed by atoms with Crippen molar-refractivity contribution in [2.75, 3.05) is 0 Å². The topological polar surface area (TPSA) is 123 Å². The average molecular weight is 627 g/mol. The van der Waals surface area contributed by atoms with E-state index in [1.165, 1.54) is 31.2 Å². The summed E-state index contributed by atoms with van der Waals surface area (Å²) in [5.74, 6) is 0.628. The van der Waals surface area contributed by atoms with Crippen LogP contribution in [0.4, 0.5) is 4.79 Å². The fourth-order valence-corrected chi connectivity index (χ4v) is 5.51. The van der Waals surface area contributed by atoms with Crippen molar-refractivity contribution in [3.05, 3.63) is 65.1 Å². The molecule has 2 atom stereocenters. The van der Waals surface area contributed by atoms with E-state index >= 15 is 0 Å². The van der Waals surface area contributed by atoms with Crippen molar-refractivity contribution < 1.29 is 42.0 Å². The van der Waals surface area contributed by atoms with Crippen molar-refractivity contribution in [3.8, 4) is 11.5 Å². The van der Waals surface area contributed by atoms with E-state index < -0.39 is 6.16 Å². The predicted octanol–water partition coefficient (Wildman–Crippen LogP) is 8.79. The van der Waals surface area contributed by atoms with E-state index in [0.29, 0.717) is 11.5 Å². The Bertz CT molecular complexity index is 1180. The van der Waals surface area contributed by atoms with Gasteiger partial charge in [-0.3, -0.25) is 9.98 Å². The molecule has 2 unspecified atom stereocenters. The Morgan fingerprint density at radius 2 is 1.29 bits per heavy atom. The Kier molecular flexibility index (Phi) is 17.4. The maximum Gasteiger partial charge on any atom is 0.503 e. The first kappa shape index (κ1) is 39.2. The Balaban J connectivity index is 0.00000263. The van der Waals surface area contributed by atoms with Crippen LogP contribution in [0.3, 0.4) is 0 Å². The molecule has 8 heteroatoms. The maximum atomic E-state index is 10.9. The molecule has 0 saturated heterocycles.